The van der Waals surface area contributed by atoms with E-state index in [1.807, 2.05) is 0 Å². The second-order valence-corrected chi connectivity index (χ2v) is 3.54. The van der Waals surface area contributed by atoms with Crippen LogP contribution in [0.5, 0.6) is 0 Å². The standard InChI is InChI=1S/C12H9FO2/c13-11-7-9(4-3-8-1-2-8)5-6-10(11)12(14)15/h5-8H,1-2H2,(H,14,15). The van der Waals surface area contributed by atoms with Crippen molar-refractivity contribution < 1.29 is 14.3 Å². The first-order chi connectivity index (χ1) is 7.16. The smallest absolute Gasteiger partial charge is 0.338 e. The largest absolute Gasteiger partial charge is 0.478 e. The minimum atomic E-state index is -1.26. The lowest BCUT2D eigenvalue weighted by Crippen LogP contribution is -2.00. The Kier molecular flexibility index (Phi) is 2.42. The lowest BCUT2D eigenvalue weighted by molar-refractivity contribution is 0.0692. The summed E-state index contributed by atoms with van der Waals surface area (Å²) in [6, 6.07) is 3.94. The monoisotopic (exact) mass is 204 g/mol. The molecule has 0 amide bonds. The highest BCUT2D eigenvalue weighted by Crippen LogP contribution is 2.27. The molecule has 0 aliphatic heterocycles. The Labute approximate surface area is 86.7 Å². The Morgan fingerprint density at radius 1 is 1.47 bits per heavy atom. The lowest BCUT2D eigenvalue weighted by Gasteiger charge is -1.96. The van der Waals surface area contributed by atoms with Gasteiger partial charge in [-0.2, -0.15) is 0 Å². The third kappa shape index (κ3) is 2.35. The Morgan fingerprint density at radius 2 is 2.20 bits per heavy atom. The molecule has 3 heteroatoms. The maximum Gasteiger partial charge on any atom is 0.338 e. The van der Waals surface area contributed by atoms with Gasteiger partial charge in [-0.05, 0) is 31.0 Å². The number of benzene rings is 1. The summed E-state index contributed by atoms with van der Waals surface area (Å²) in [5.74, 6) is 4.28. The number of carbonyl (C=O) groups is 1. The van der Waals surface area contributed by atoms with E-state index in [-0.39, 0.29) is 5.56 Å². The van der Waals surface area contributed by atoms with Crippen molar-refractivity contribution in [1.82, 2.24) is 0 Å². The van der Waals surface area contributed by atoms with Crippen LogP contribution in [0.25, 0.3) is 0 Å². The number of carboxylic acid groups (broad SMARTS) is 1. The fourth-order valence-electron chi connectivity index (χ4n) is 1.18. The summed E-state index contributed by atoms with van der Waals surface area (Å²) in [6.45, 7) is 0. The fourth-order valence-corrected chi connectivity index (χ4v) is 1.18. The van der Waals surface area contributed by atoms with Crippen molar-refractivity contribution in [3.05, 3.63) is 35.1 Å². The first-order valence-corrected chi connectivity index (χ1v) is 4.71. The van der Waals surface area contributed by atoms with E-state index in [0.29, 0.717) is 11.5 Å². The maximum absolute atomic E-state index is 13.2. The summed E-state index contributed by atoms with van der Waals surface area (Å²) in [7, 11) is 0. The van der Waals surface area contributed by atoms with Crippen molar-refractivity contribution in [2.75, 3.05) is 0 Å². The molecule has 2 rings (SSSR count). The molecule has 0 heterocycles. The topological polar surface area (TPSA) is 37.3 Å². The highest BCUT2D eigenvalue weighted by molar-refractivity contribution is 5.88. The van der Waals surface area contributed by atoms with Crippen LogP contribution in [0.1, 0.15) is 28.8 Å². The zero-order valence-electron chi connectivity index (χ0n) is 7.96. The normalized spacial score (nSPS) is 14.2. The molecular formula is C12H9FO2. The molecule has 76 valence electrons. The highest BCUT2D eigenvalue weighted by atomic mass is 19.1. The average Bonchev–Trinajstić information content (AvgIpc) is 2.97. The van der Waals surface area contributed by atoms with Crippen LogP contribution in [0.2, 0.25) is 0 Å². The molecule has 1 aromatic rings. The number of hydrogen-bond donors (Lipinski definition) is 1. The molecule has 1 aromatic carbocycles. The highest BCUT2D eigenvalue weighted by Gasteiger charge is 2.17. The molecule has 0 bridgehead atoms. The first-order valence-electron chi connectivity index (χ1n) is 4.71. The van der Waals surface area contributed by atoms with Gasteiger partial charge < -0.3 is 5.11 Å². The molecule has 0 saturated heterocycles. The zero-order chi connectivity index (χ0) is 10.8. The van der Waals surface area contributed by atoms with Crippen molar-refractivity contribution in [3.63, 3.8) is 0 Å². The molecule has 0 spiro atoms. The first kappa shape index (κ1) is 9.72. The number of rotatable bonds is 1. The lowest BCUT2D eigenvalue weighted by atomic mass is 10.1. The number of aromatic carboxylic acids is 1. The van der Waals surface area contributed by atoms with Crippen molar-refractivity contribution >= 4 is 5.97 Å². The Hall–Kier alpha value is -1.82. The molecule has 0 unspecified atom stereocenters. The van der Waals surface area contributed by atoms with Gasteiger partial charge in [0.2, 0.25) is 0 Å². The summed E-state index contributed by atoms with van der Waals surface area (Å²) in [5, 5.41) is 8.61. The van der Waals surface area contributed by atoms with Gasteiger partial charge in [0.05, 0.1) is 5.56 Å². The van der Waals surface area contributed by atoms with Crippen molar-refractivity contribution in [1.29, 1.82) is 0 Å². The van der Waals surface area contributed by atoms with E-state index < -0.39 is 11.8 Å². The van der Waals surface area contributed by atoms with Gasteiger partial charge >= 0.3 is 5.97 Å². The quantitative estimate of drug-likeness (QED) is 0.712. The van der Waals surface area contributed by atoms with Gasteiger partial charge in [0.1, 0.15) is 5.82 Å². The van der Waals surface area contributed by atoms with Gasteiger partial charge in [0.15, 0.2) is 0 Å². The molecule has 0 radical (unpaired) electrons. The average molecular weight is 204 g/mol. The summed E-state index contributed by atoms with van der Waals surface area (Å²) in [6.07, 6.45) is 2.23. The molecule has 1 aliphatic rings. The summed E-state index contributed by atoms with van der Waals surface area (Å²) in [5.41, 5.74) is 0.219. The molecular weight excluding hydrogens is 195 g/mol. The third-order valence-electron chi connectivity index (χ3n) is 2.20. The van der Waals surface area contributed by atoms with Crippen LogP contribution in [0, 0.1) is 23.6 Å². The van der Waals surface area contributed by atoms with E-state index in [4.69, 9.17) is 5.11 Å². The minimum Gasteiger partial charge on any atom is -0.478 e. The number of halogens is 1. The number of hydrogen-bond acceptors (Lipinski definition) is 1. The summed E-state index contributed by atoms with van der Waals surface area (Å²) >= 11 is 0. The van der Waals surface area contributed by atoms with E-state index in [9.17, 15) is 9.18 Å². The molecule has 1 saturated carbocycles. The minimum absolute atomic E-state index is 0.313. The SMILES string of the molecule is O=C(O)c1ccc(C#CC2CC2)cc1F. The van der Waals surface area contributed by atoms with Gasteiger partial charge in [0.25, 0.3) is 0 Å². The van der Waals surface area contributed by atoms with Gasteiger partial charge in [-0.3, -0.25) is 0 Å². The van der Waals surface area contributed by atoms with E-state index in [2.05, 4.69) is 11.8 Å². The van der Waals surface area contributed by atoms with Gasteiger partial charge in [0, 0.05) is 11.5 Å². The third-order valence-corrected chi connectivity index (χ3v) is 2.20. The fraction of sp³-hybridized carbons (Fsp3) is 0.250. The van der Waals surface area contributed by atoms with Gasteiger partial charge in [-0.25, -0.2) is 9.18 Å². The van der Waals surface area contributed by atoms with Crippen LogP contribution in [0.3, 0.4) is 0 Å². The molecule has 0 atom stereocenters. The number of carboxylic acids is 1. The van der Waals surface area contributed by atoms with E-state index in [0.717, 1.165) is 12.8 Å². The van der Waals surface area contributed by atoms with Crippen LogP contribution in [0.4, 0.5) is 4.39 Å². The van der Waals surface area contributed by atoms with Crippen LogP contribution >= 0.6 is 0 Å². The van der Waals surface area contributed by atoms with Crippen LogP contribution < -0.4 is 0 Å². The molecule has 2 nitrogen and oxygen atoms in total. The van der Waals surface area contributed by atoms with Crippen LogP contribution in [-0.2, 0) is 0 Å². The molecule has 1 aliphatic carbocycles. The Morgan fingerprint density at radius 3 is 2.73 bits per heavy atom. The second kappa shape index (κ2) is 3.74. The zero-order valence-corrected chi connectivity index (χ0v) is 7.96. The van der Waals surface area contributed by atoms with Crippen LogP contribution in [-0.4, -0.2) is 11.1 Å². The second-order valence-electron chi connectivity index (χ2n) is 3.54. The predicted octanol–water partition coefficient (Wildman–Crippen LogP) is 2.29. The predicted molar refractivity (Wildman–Crippen MR) is 53.0 cm³/mol. The molecule has 15 heavy (non-hydrogen) atoms. The van der Waals surface area contributed by atoms with E-state index in [1.165, 1.54) is 18.2 Å². The summed E-state index contributed by atoms with van der Waals surface area (Å²) < 4.78 is 13.2. The Balaban J connectivity index is 2.25. The molecule has 1 N–H and O–H groups in total. The molecule has 0 aromatic heterocycles. The van der Waals surface area contributed by atoms with E-state index in [1.54, 1.807) is 0 Å². The van der Waals surface area contributed by atoms with Crippen LogP contribution in [0.15, 0.2) is 18.2 Å². The van der Waals surface area contributed by atoms with E-state index >= 15 is 0 Å². The maximum atomic E-state index is 13.2. The summed E-state index contributed by atoms with van der Waals surface area (Å²) in [4.78, 5) is 10.5. The van der Waals surface area contributed by atoms with Crippen molar-refractivity contribution in [2.45, 2.75) is 12.8 Å². The van der Waals surface area contributed by atoms with Crippen molar-refractivity contribution in [3.8, 4) is 11.8 Å². The van der Waals surface area contributed by atoms with Crippen molar-refractivity contribution in [2.24, 2.45) is 5.92 Å². The Bertz CT molecular complexity index is 464. The molecule has 1 fully saturated rings. The van der Waals surface area contributed by atoms with Gasteiger partial charge in [-0.1, -0.05) is 11.8 Å². The van der Waals surface area contributed by atoms with Gasteiger partial charge in [-0.15, -0.1) is 0 Å².